The predicted octanol–water partition coefficient (Wildman–Crippen LogP) is 4.25. The molecule has 0 heterocycles. The van der Waals surface area contributed by atoms with Crippen LogP contribution in [0.5, 0.6) is 5.75 Å². The van der Waals surface area contributed by atoms with Gasteiger partial charge in [-0.05, 0) is 37.6 Å². The number of ether oxygens (including phenoxy) is 1. The lowest BCUT2D eigenvalue weighted by Gasteiger charge is -2.15. The van der Waals surface area contributed by atoms with E-state index < -0.39 is 0 Å². The molecule has 2 rings (SSSR count). The summed E-state index contributed by atoms with van der Waals surface area (Å²) in [6.07, 6.45) is 0. The zero-order valence-electron chi connectivity index (χ0n) is 11.2. The van der Waals surface area contributed by atoms with E-state index in [1.54, 1.807) is 0 Å². The molecule has 0 aliphatic rings. The topological polar surface area (TPSA) is 35.2 Å². The number of nitrogens with two attached hydrogens (primary N) is 1. The first-order valence-electron chi connectivity index (χ1n) is 6.29. The molecule has 0 saturated carbocycles. The average Bonchev–Trinajstić information content (AvgIpc) is 2.37. The second-order valence-electron chi connectivity index (χ2n) is 4.75. The van der Waals surface area contributed by atoms with Crippen LogP contribution >= 0.6 is 11.6 Å². The molecule has 3 heteroatoms. The van der Waals surface area contributed by atoms with Gasteiger partial charge >= 0.3 is 0 Å². The third-order valence-electron chi connectivity index (χ3n) is 2.94. The minimum absolute atomic E-state index is 0.0470. The van der Waals surface area contributed by atoms with Crippen molar-refractivity contribution in [1.29, 1.82) is 0 Å². The third kappa shape index (κ3) is 3.72. The largest absolute Gasteiger partial charge is 0.489 e. The number of halogens is 1. The second kappa shape index (κ2) is 6.09. The van der Waals surface area contributed by atoms with E-state index in [2.05, 4.69) is 6.07 Å². The Labute approximate surface area is 119 Å². The highest BCUT2D eigenvalue weighted by molar-refractivity contribution is 6.30. The SMILES string of the molecule is Cc1ccc(OCc2cccc(Cl)c2)c([C@@H](C)N)c1. The van der Waals surface area contributed by atoms with E-state index in [0.29, 0.717) is 6.61 Å². The van der Waals surface area contributed by atoms with E-state index in [9.17, 15) is 0 Å². The zero-order chi connectivity index (χ0) is 13.8. The summed E-state index contributed by atoms with van der Waals surface area (Å²) in [5, 5.41) is 0.720. The Morgan fingerprint density at radius 1 is 1.21 bits per heavy atom. The second-order valence-corrected chi connectivity index (χ2v) is 5.18. The molecule has 0 radical (unpaired) electrons. The van der Waals surface area contributed by atoms with Gasteiger partial charge in [-0.3, -0.25) is 0 Å². The predicted molar refractivity (Wildman–Crippen MR) is 79.6 cm³/mol. The van der Waals surface area contributed by atoms with Crippen molar-refractivity contribution >= 4 is 11.6 Å². The van der Waals surface area contributed by atoms with Crippen LogP contribution in [-0.4, -0.2) is 0 Å². The number of rotatable bonds is 4. The summed E-state index contributed by atoms with van der Waals surface area (Å²) in [7, 11) is 0. The summed E-state index contributed by atoms with van der Waals surface area (Å²) in [4.78, 5) is 0. The van der Waals surface area contributed by atoms with Gasteiger partial charge < -0.3 is 10.5 Å². The summed E-state index contributed by atoms with van der Waals surface area (Å²) in [6, 6.07) is 13.7. The summed E-state index contributed by atoms with van der Waals surface area (Å²) in [5.74, 6) is 0.834. The van der Waals surface area contributed by atoms with Gasteiger partial charge in [-0.15, -0.1) is 0 Å². The molecular formula is C16H18ClNO. The molecule has 0 aliphatic carbocycles. The highest BCUT2D eigenvalue weighted by Crippen LogP contribution is 2.26. The maximum Gasteiger partial charge on any atom is 0.124 e. The fourth-order valence-electron chi connectivity index (χ4n) is 1.94. The number of benzene rings is 2. The summed E-state index contributed by atoms with van der Waals surface area (Å²) in [6.45, 7) is 4.50. The molecule has 2 aromatic carbocycles. The Kier molecular flexibility index (Phi) is 4.46. The lowest BCUT2D eigenvalue weighted by molar-refractivity contribution is 0.301. The molecule has 2 aromatic rings. The first-order valence-corrected chi connectivity index (χ1v) is 6.67. The molecule has 2 nitrogen and oxygen atoms in total. The van der Waals surface area contributed by atoms with Crippen LogP contribution in [0.25, 0.3) is 0 Å². The molecule has 0 bridgehead atoms. The normalized spacial score (nSPS) is 12.2. The molecule has 0 aromatic heterocycles. The molecule has 100 valence electrons. The van der Waals surface area contributed by atoms with E-state index in [1.807, 2.05) is 50.2 Å². The Morgan fingerprint density at radius 2 is 2.00 bits per heavy atom. The van der Waals surface area contributed by atoms with Crippen LogP contribution in [0.3, 0.4) is 0 Å². The van der Waals surface area contributed by atoms with Crippen LogP contribution in [0.2, 0.25) is 5.02 Å². The van der Waals surface area contributed by atoms with Gasteiger partial charge in [-0.2, -0.15) is 0 Å². The molecule has 0 saturated heterocycles. The van der Waals surface area contributed by atoms with E-state index in [1.165, 1.54) is 5.56 Å². The van der Waals surface area contributed by atoms with Crippen LogP contribution in [0.4, 0.5) is 0 Å². The van der Waals surface area contributed by atoms with Crippen molar-refractivity contribution in [3.05, 3.63) is 64.2 Å². The average molecular weight is 276 g/mol. The fraction of sp³-hybridized carbons (Fsp3) is 0.250. The van der Waals surface area contributed by atoms with Crippen molar-refractivity contribution < 1.29 is 4.74 Å². The van der Waals surface area contributed by atoms with Crippen LogP contribution in [0.15, 0.2) is 42.5 Å². The summed E-state index contributed by atoms with van der Waals surface area (Å²) >= 11 is 5.95. The van der Waals surface area contributed by atoms with Gasteiger partial charge in [0, 0.05) is 16.6 Å². The number of hydrogen-bond acceptors (Lipinski definition) is 2. The molecule has 0 fully saturated rings. The summed E-state index contributed by atoms with van der Waals surface area (Å²) < 4.78 is 5.86. The first kappa shape index (κ1) is 13.9. The maximum atomic E-state index is 5.98. The van der Waals surface area contributed by atoms with E-state index in [0.717, 1.165) is 21.9 Å². The standard InChI is InChI=1S/C16H18ClNO/c1-11-6-7-16(15(8-11)12(2)18)19-10-13-4-3-5-14(17)9-13/h3-9,12H,10,18H2,1-2H3/t12-/m1/s1. The Bertz CT molecular complexity index is 566. The van der Waals surface area contributed by atoms with E-state index in [-0.39, 0.29) is 6.04 Å². The third-order valence-corrected chi connectivity index (χ3v) is 3.17. The van der Waals surface area contributed by atoms with Gasteiger partial charge in [-0.1, -0.05) is 41.4 Å². The molecule has 19 heavy (non-hydrogen) atoms. The van der Waals surface area contributed by atoms with Gasteiger partial charge in [0.2, 0.25) is 0 Å². The lowest BCUT2D eigenvalue weighted by Crippen LogP contribution is -2.08. The van der Waals surface area contributed by atoms with Crippen molar-refractivity contribution in [2.75, 3.05) is 0 Å². The first-order chi connectivity index (χ1) is 9.06. The van der Waals surface area contributed by atoms with Gasteiger partial charge in [0.05, 0.1) is 0 Å². The summed E-state index contributed by atoms with van der Waals surface area (Å²) in [5.41, 5.74) is 9.23. The monoisotopic (exact) mass is 275 g/mol. The van der Waals surface area contributed by atoms with Gasteiger partial charge in [0.25, 0.3) is 0 Å². The van der Waals surface area contributed by atoms with Crippen molar-refractivity contribution in [2.45, 2.75) is 26.5 Å². The number of hydrogen-bond donors (Lipinski definition) is 1. The molecule has 0 unspecified atom stereocenters. The minimum Gasteiger partial charge on any atom is -0.489 e. The molecule has 1 atom stereocenters. The van der Waals surface area contributed by atoms with Crippen molar-refractivity contribution in [3.8, 4) is 5.75 Å². The lowest BCUT2D eigenvalue weighted by atomic mass is 10.1. The minimum atomic E-state index is -0.0470. The molecule has 0 spiro atoms. The van der Waals surface area contributed by atoms with Gasteiger partial charge in [-0.25, -0.2) is 0 Å². The van der Waals surface area contributed by atoms with Crippen molar-refractivity contribution in [3.63, 3.8) is 0 Å². The van der Waals surface area contributed by atoms with Crippen LogP contribution in [0, 0.1) is 6.92 Å². The van der Waals surface area contributed by atoms with Crippen LogP contribution < -0.4 is 10.5 Å². The molecule has 2 N–H and O–H groups in total. The van der Waals surface area contributed by atoms with E-state index >= 15 is 0 Å². The van der Waals surface area contributed by atoms with Crippen LogP contribution in [0.1, 0.15) is 29.7 Å². The van der Waals surface area contributed by atoms with Gasteiger partial charge in [0.1, 0.15) is 12.4 Å². The Balaban J connectivity index is 2.15. The van der Waals surface area contributed by atoms with Crippen molar-refractivity contribution in [1.82, 2.24) is 0 Å². The van der Waals surface area contributed by atoms with Crippen molar-refractivity contribution in [2.24, 2.45) is 5.73 Å². The maximum absolute atomic E-state index is 5.98. The molecule has 0 amide bonds. The smallest absolute Gasteiger partial charge is 0.124 e. The molecule has 0 aliphatic heterocycles. The zero-order valence-corrected chi connectivity index (χ0v) is 11.9. The van der Waals surface area contributed by atoms with Gasteiger partial charge in [0.15, 0.2) is 0 Å². The highest BCUT2D eigenvalue weighted by Gasteiger charge is 2.08. The van der Waals surface area contributed by atoms with E-state index in [4.69, 9.17) is 22.1 Å². The van der Waals surface area contributed by atoms with Crippen LogP contribution in [-0.2, 0) is 6.61 Å². The quantitative estimate of drug-likeness (QED) is 0.905. The fourth-order valence-corrected chi connectivity index (χ4v) is 2.16. The highest BCUT2D eigenvalue weighted by atomic mass is 35.5. The molecular weight excluding hydrogens is 258 g/mol. The Morgan fingerprint density at radius 3 is 2.68 bits per heavy atom. The number of aryl methyl sites for hydroxylation is 1. The Hall–Kier alpha value is -1.51.